The maximum Gasteiger partial charge on any atom is 0.251 e. The van der Waals surface area contributed by atoms with Crippen molar-refractivity contribution in [3.63, 3.8) is 0 Å². The highest BCUT2D eigenvalue weighted by atomic mass is 16.2. The summed E-state index contributed by atoms with van der Waals surface area (Å²) in [7, 11) is 0. The minimum atomic E-state index is -0.227. The zero-order valence-electron chi connectivity index (χ0n) is 10.1. The third kappa shape index (κ3) is 3.56. The van der Waals surface area contributed by atoms with E-state index in [0.29, 0.717) is 5.56 Å². The number of hydrogen-bond donors (Lipinski definition) is 3. The number of carbonyl (C=O) groups excluding carboxylic acids is 2. The summed E-state index contributed by atoms with van der Waals surface area (Å²) in [5.41, 5.74) is 0.563. The molecular weight excluding hydrogens is 230 g/mol. The summed E-state index contributed by atoms with van der Waals surface area (Å²) in [6.45, 7) is 1.75. The van der Waals surface area contributed by atoms with Gasteiger partial charge in [-0.15, -0.1) is 0 Å². The molecule has 3 N–H and O–H groups in total. The van der Waals surface area contributed by atoms with E-state index in [-0.39, 0.29) is 24.4 Å². The molecule has 0 spiro atoms. The first kappa shape index (κ1) is 12.6. The number of benzene rings is 1. The Morgan fingerprint density at radius 1 is 1.28 bits per heavy atom. The van der Waals surface area contributed by atoms with E-state index in [1.807, 2.05) is 6.07 Å². The molecule has 5 heteroatoms. The quantitative estimate of drug-likeness (QED) is 0.695. The van der Waals surface area contributed by atoms with Crippen molar-refractivity contribution >= 4 is 11.8 Å². The summed E-state index contributed by atoms with van der Waals surface area (Å²) >= 11 is 0. The number of carbonyl (C=O) groups is 2. The van der Waals surface area contributed by atoms with Gasteiger partial charge in [0.05, 0.1) is 6.54 Å². The zero-order valence-corrected chi connectivity index (χ0v) is 10.1. The third-order valence-corrected chi connectivity index (χ3v) is 2.87. The van der Waals surface area contributed by atoms with Crippen molar-refractivity contribution in [2.75, 3.05) is 19.6 Å². The fraction of sp³-hybridized carbons (Fsp3) is 0.385. The van der Waals surface area contributed by atoms with E-state index in [9.17, 15) is 9.59 Å². The Kier molecular flexibility index (Phi) is 4.30. The van der Waals surface area contributed by atoms with Gasteiger partial charge in [-0.05, 0) is 25.1 Å². The maximum atomic E-state index is 11.7. The van der Waals surface area contributed by atoms with Crippen molar-refractivity contribution in [3.05, 3.63) is 35.9 Å². The molecule has 1 heterocycles. The van der Waals surface area contributed by atoms with Crippen LogP contribution in [0.3, 0.4) is 0 Å². The summed E-state index contributed by atoms with van der Waals surface area (Å²) < 4.78 is 0. The fourth-order valence-electron chi connectivity index (χ4n) is 1.91. The van der Waals surface area contributed by atoms with E-state index in [0.717, 1.165) is 19.5 Å². The van der Waals surface area contributed by atoms with Crippen molar-refractivity contribution in [2.45, 2.75) is 12.5 Å². The summed E-state index contributed by atoms with van der Waals surface area (Å²) in [6, 6.07) is 9.04. The Bertz CT molecular complexity index is 414. The summed E-state index contributed by atoms with van der Waals surface area (Å²) in [4.78, 5) is 23.3. The van der Waals surface area contributed by atoms with Gasteiger partial charge >= 0.3 is 0 Å². The molecule has 96 valence electrons. The van der Waals surface area contributed by atoms with Gasteiger partial charge in [0.1, 0.15) is 0 Å². The van der Waals surface area contributed by atoms with Crippen LogP contribution in [0.15, 0.2) is 30.3 Å². The molecular formula is C13H17N3O2. The lowest BCUT2D eigenvalue weighted by Crippen LogP contribution is -2.42. The third-order valence-electron chi connectivity index (χ3n) is 2.87. The molecule has 0 radical (unpaired) electrons. The molecule has 0 aromatic heterocycles. The van der Waals surface area contributed by atoms with Crippen molar-refractivity contribution in [2.24, 2.45) is 0 Å². The fourth-order valence-corrected chi connectivity index (χ4v) is 1.91. The van der Waals surface area contributed by atoms with Crippen LogP contribution in [-0.4, -0.2) is 37.5 Å². The van der Waals surface area contributed by atoms with Crippen LogP contribution >= 0.6 is 0 Å². The smallest absolute Gasteiger partial charge is 0.251 e. The van der Waals surface area contributed by atoms with Gasteiger partial charge < -0.3 is 16.0 Å². The summed E-state index contributed by atoms with van der Waals surface area (Å²) in [5.74, 6) is -0.372. The molecule has 18 heavy (non-hydrogen) atoms. The van der Waals surface area contributed by atoms with Gasteiger partial charge in [-0.3, -0.25) is 9.59 Å². The number of amides is 2. The first-order valence-electron chi connectivity index (χ1n) is 6.09. The molecule has 1 aliphatic heterocycles. The predicted molar refractivity (Wildman–Crippen MR) is 68.2 cm³/mol. The van der Waals surface area contributed by atoms with Crippen LogP contribution in [0.5, 0.6) is 0 Å². The van der Waals surface area contributed by atoms with Crippen LogP contribution in [0.2, 0.25) is 0 Å². The van der Waals surface area contributed by atoms with E-state index < -0.39 is 0 Å². The van der Waals surface area contributed by atoms with Gasteiger partial charge in [0, 0.05) is 18.2 Å². The molecule has 1 fully saturated rings. The Morgan fingerprint density at radius 2 is 2.06 bits per heavy atom. The van der Waals surface area contributed by atoms with Gasteiger partial charge in [-0.1, -0.05) is 18.2 Å². The zero-order chi connectivity index (χ0) is 12.8. The Balaban J connectivity index is 1.74. The Hall–Kier alpha value is -1.88. The summed E-state index contributed by atoms with van der Waals surface area (Å²) in [5, 5.41) is 8.64. The molecule has 0 saturated carbocycles. The average molecular weight is 247 g/mol. The maximum absolute atomic E-state index is 11.7. The summed E-state index contributed by atoms with van der Waals surface area (Å²) in [6.07, 6.45) is 0.943. The topological polar surface area (TPSA) is 70.2 Å². The highest BCUT2D eigenvalue weighted by Gasteiger charge is 2.16. The molecule has 1 saturated heterocycles. The Labute approximate surface area is 106 Å². The van der Waals surface area contributed by atoms with Crippen LogP contribution in [0.4, 0.5) is 0 Å². The normalized spacial score (nSPS) is 18.3. The number of hydrogen-bond acceptors (Lipinski definition) is 3. The minimum absolute atomic E-state index is 0.0181. The molecule has 1 aliphatic rings. The van der Waals surface area contributed by atoms with Crippen molar-refractivity contribution in [1.29, 1.82) is 0 Å². The van der Waals surface area contributed by atoms with Gasteiger partial charge in [0.2, 0.25) is 5.91 Å². The lowest BCUT2D eigenvalue weighted by Gasteiger charge is -2.11. The van der Waals surface area contributed by atoms with Crippen LogP contribution < -0.4 is 16.0 Å². The van der Waals surface area contributed by atoms with Gasteiger partial charge in [-0.25, -0.2) is 0 Å². The molecule has 1 atom stereocenters. The van der Waals surface area contributed by atoms with Crippen molar-refractivity contribution in [1.82, 2.24) is 16.0 Å². The molecule has 0 bridgehead atoms. The lowest BCUT2D eigenvalue weighted by atomic mass is 10.2. The van der Waals surface area contributed by atoms with Crippen molar-refractivity contribution in [3.8, 4) is 0 Å². The standard InChI is InChI=1S/C13H17N3O2/c17-12(16-11-6-7-14-8-11)9-15-13(18)10-4-2-1-3-5-10/h1-5,11,14H,6-9H2,(H,15,18)(H,16,17)/t11-/m1/s1. The van der Waals surface area contributed by atoms with Gasteiger partial charge in [0.25, 0.3) is 5.91 Å². The molecule has 0 unspecified atom stereocenters. The first-order valence-corrected chi connectivity index (χ1v) is 6.09. The average Bonchev–Trinajstić information content (AvgIpc) is 2.90. The Morgan fingerprint density at radius 3 is 2.72 bits per heavy atom. The van der Waals surface area contributed by atoms with E-state index in [4.69, 9.17) is 0 Å². The van der Waals surface area contributed by atoms with E-state index in [1.54, 1.807) is 24.3 Å². The highest BCUT2D eigenvalue weighted by Crippen LogP contribution is 1.98. The molecule has 1 aromatic carbocycles. The largest absolute Gasteiger partial charge is 0.351 e. The van der Waals surface area contributed by atoms with Crippen LogP contribution in [0.1, 0.15) is 16.8 Å². The molecule has 5 nitrogen and oxygen atoms in total. The number of rotatable bonds is 4. The lowest BCUT2D eigenvalue weighted by molar-refractivity contribution is -0.120. The second-order valence-electron chi connectivity index (χ2n) is 4.31. The first-order chi connectivity index (χ1) is 8.75. The SMILES string of the molecule is O=C(CNC(=O)c1ccccc1)N[C@@H]1CCNC1. The predicted octanol–water partition coefficient (Wildman–Crippen LogP) is -0.106. The molecule has 2 rings (SSSR count). The molecule has 0 aliphatic carbocycles. The molecule has 1 aromatic rings. The monoisotopic (exact) mass is 247 g/mol. The van der Waals surface area contributed by atoms with E-state index in [2.05, 4.69) is 16.0 Å². The second-order valence-corrected chi connectivity index (χ2v) is 4.31. The highest BCUT2D eigenvalue weighted by molar-refractivity contribution is 5.96. The molecule has 2 amide bonds. The van der Waals surface area contributed by atoms with Gasteiger partial charge in [-0.2, -0.15) is 0 Å². The van der Waals surface area contributed by atoms with Crippen LogP contribution in [0, 0.1) is 0 Å². The van der Waals surface area contributed by atoms with Crippen molar-refractivity contribution < 1.29 is 9.59 Å². The van der Waals surface area contributed by atoms with E-state index in [1.165, 1.54) is 0 Å². The van der Waals surface area contributed by atoms with Crippen LogP contribution in [0.25, 0.3) is 0 Å². The second kappa shape index (κ2) is 6.16. The van der Waals surface area contributed by atoms with Crippen LogP contribution in [-0.2, 0) is 4.79 Å². The minimum Gasteiger partial charge on any atom is -0.351 e. The van der Waals surface area contributed by atoms with E-state index >= 15 is 0 Å². The number of nitrogens with one attached hydrogen (secondary N) is 3. The van der Waals surface area contributed by atoms with Gasteiger partial charge in [0.15, 0.2) is 0 Å².